The largest absolute Gasteiger partial charge is 0.384 e. The van der Waals surface area contributed by atoms with E-state index in [9.17, 15) is 22.4 Å². The quantitative estimate of drug-likeness (QED) is 0.740. The Kier molecular flexibility index (Phi) is 3.90. The predicted octanol–water partition coefficient (Wildman–Crippen LogP) is 1.40. The molecule has 0 aromatic carbocycles. The Balaban J connectivity index is 2.46. The minimum absolute atomic E-state index is 0.422. The zero-order valence-electron chi connectivity index (χ0n) is 7.98. The summed E-state index contributed by atoms with van der Waals surface area (Å²) < 4.78 is 48.6. The van der Waals surface area contributed by atoms with E-state index in [1.165, 1.54) is 5.01 Å². The summed E-state index contributed by atoms with van der Waals surface area (Å²) in [6.07, 6.45) is -1.49. The Morgan fingerprint density at radius 1 is 1.20 bits per heavy atom. The Labute approximate surface area is 84.4 Å². The van der Waals surface area contributed by atoms with Crippen molar-refractivity contribution in [1.29, 1.82) is 0 Å². The molecule has 3 nitrogen and oxygen atoms in total. The molecule has 1 aliphatic rings. The van der Waals surface area contributed by atoms with Crippen LogP contribution in [-0.2, 0) is 4.79 Å². The maximum Gasteiger partial charge on any atom is 0.384 e. The van der Waals surface area contributed by atoms with Crippen molar-refractivity contribution in [3.8, 4) is 0 Å². The average molecular weight is 228 g/mol. The molecule has 1 amide bonds. The maximum atomic E-state index is 12.5. The van der Waals surface area contributed by atoms with Crippen LogP contribution in [0.5, 0.6) is 0 Å². The van der Waals surface area contributed by atoms with Gasteiger partial charge in [0.25, 0.3) is 0 Å². The average Bonchev–Trinajstić information content (AvgIpc) is 2.18. The summed E-state index contributed by atoms with van der Waals surface area (Å²) in [4.78, 5) is 10.8. The molecule has 1 saturated heterocycles. The van der Waals surface area contributed by atoms with Crippen molar-refractivity contribution in [1.82, 2.24) is 10.4 Å². The molecule has 0 bridgehead atoms. The van der Waals surface area contributed by atoms with Crippen molar-refractivity contribution >= 4 is 5.91 Å². The fourth-order valence-corrected chi connectivity index (χ4v) is 1.32. The van der Waals surface area contributed by atoms with Crippen molar-refractivity contribution in [2.24, 2.45) is 0 Å². The summed E-state index contributed by atoms with van der Waals surface area (Å²) in [5.41, 5.74) is 1.80. The molecule has 1 aliphatic heterocycles. The number of hydrogen-bond acceptors (Lipinski definition) is 2. The van der Waals surface area contributed by atoms with Crippen LogP contribution in [0.3, 0.4) is 0 Å². The van der Waals surface area contributed by atoms with Crippen molar-refractivity contribution < 1.29 is 22.4 Å². The molecule has 1 heterocycles. The second-order valence-corrected chi connectivity index (χ2v) is 3.41. The fourth-order valence-electron chi connectivity index (χ4n) is 1.32. The lowest BCUT2D eigenvalue weighted by atomic mass is 10.2. The monoisotopic (exact) mass is 228 g/mol. The van der Waals surface area contributed by atoms with Gasteiger partial charge in [0.05, 0.1) is 0 Å². The molecule has 7 heteroatoms. The minimum atomic E-state index is -4.61. The van der Waals surface area contributed by atoms with Gasteiger partial charge < -0.3 is 0 Å². The van der Waals surface area contributed by atoms with E-state index < -0.39 is 18.3 Å². The number of halogens is 4. The molecule has 0 aromatic rings. The van der Waals surface area contributed by atoms with Gasteiger partial charge >= 0.3 is 18.3 Å². The second kappa shape index (κ2) is 4.78. The third-order valence-electron chi connectivity index (χ3n) is 2.19. The van der Waals surface area contributed by atoms with E-state index >= 15 is 0 Å². The topological polar surface area (TPSA) is 32.3 Å². The number of rotatable bonds is 3. The van der Waals surface area contributed by atoms with Gasteiger partial charge in [-0.05, 0) is 12.8 Å². The van der Waals surface area contributed by atoms with Crippen LogP contribution in [0.2, 0.25) is 0 Å². The van der Waals surface area contributed by atoms with Gasteiger partial charge in [-0.2, -0.15) is 8.78 Å². The van der Waals surface area contributed by atoms with Gasteiger partial charge in [-0.15, -0.1) is 0 Å². The molecule has 0 radical (unpaired) electrons. The van der Waals surface area contributed by atoms with Gasteiger partial charge in [0.15, 0.2) is 0 Å². The zero-order chi connectivity index (χ0) is 11.5. The van der Waals surface area contributed by atoms with Crippen LogP contribution in [0.1, 0.15) is 19.3 Å². The third-order valence-corrected chi connectivity index (χ3v) is 2.19. The molecular formula is C8H12F4N2O. The predicted molar refractivity (Wildman–Crippen MR) is 44.5 cm³/mol. The number of carbonyl (C=O) groups excluding carboxylic acids is 1. The molecule has 88 valence electrons. The van der Waals surface area contributed by atoms with Gasteiger partial charge in [-0.1, -0.05) is 6.42 Å². The highest BCUT2D eigenvalue weighted by atomic mass is 19.3. The molecule has 1 N–H and O–H groups in total. The summed E-state index contributed by atoms with van der Waals surface area (Å²) in [6, 6.07) is 0. The Bertz CT molecular complexity index is 229. The second-order valence-electron chi connectivity index (χ2n) is 3.41. The number of hydrogen-bond donors (Lipinski definition) is 1. The minimum Gasteiger partial charge on any atom is -0.283 e. The Hall–Kier alpha value is -0.850. The number of piperidine rings is 1. The molecule has 0 aromatic heterocycles. The van der Waals surface area contributed by atoms with Crippen LogP contribution in [-0.4, -0.2) is 36.4 Å². The lowest BCUT2D eigenvalue weighted by Crippen LogP contribution is -2.53. The zero-order valence-corrected chi connectivity index (χ0v) is 7.98. The van der Waals surface area contributed by atoms with E-state index in [2.05, 4.69) is 0 Å². The van der Waals surface area contributed by atoms with Crippen LogP contribution in [0.15, 0.2) is 0 Å². The van der Waals surface area contributed by atoms with E-state index in [1.807, 2.05) is 0 Å². The Morgan fingerprint density at radius 3 is 2.20 bits per heavy atom. The van der Waals surface area contributed by atoms with E-state index in [0.717, 1.165) is 19.3 Å². The number of nitrogens with one attached hydrogen (secondary N) is 1. The molecule has 0 saturated carbocycles. The van der Waals surface area contributed by atoms with Crippen molar-refractivity contribution in [2.45, 2.75) is 31.6 Å². The highest BCUT2D eigenvalue weighted by Crippen LogP contribution is 2.23. The lowest BCUT2D eigenvalue weighted by Gasteiger charge is -2.28. The molecule has 1 fully saturated rings. The van der Waals surface area contributed by atoms with Crippen LogP contribution in [0.25, 0.3) is 0 Å². The maximum absolute atomic E-state index is 12.5. The van der Waals surface area contributed by atoms with Crippen molar-refractivity contribution in [3.63, 3.8) is 0 Å². The third kappa shape index (κ3) is 3.05. The first-order valence-electron chi connectivity index (χ1n) is 4.66. The van der Waals surface area contributed by atoms with Crippen LogP contribution in [0, 0.1) is 0 Å². The molecule has 1 rings (SSSR count). The molecule has 0 unspecified atom stereocenters. The number of carbonyl (C=O) groups is 1. The summed E-state index contributed by atoms with van der Waals surface area (Å²) in [6.45, 7) is 0.843. The number of alkyl halides is 4. The highest BCUT2D eigenvalue weighted by molar-refractivity contribution is 5.83. The number of amides is 1. The van der Waals surface area contributed by atoms with E-state index in [1.54, 1.807) is 5.43 Å². The van der Waals surface area contributed by atoms with E-state index in [-0.39, 0.29) is 0 Å². The SMILES string of the molecule is O=C(NN1CCCCC1)C(F)(F)C(F)F. The van der Waals surface area contributed by atoms with Crippen LogP contribution < -0.4 is 5.43 Å². The highest BCUT2D eigenvalue weighted by Gasteiger charge is 2.49. The van der Waals surface area contributed by atoms with Gasteiger partial charge in [0.2, 0.25) is 0 Å². The summed E-state index contributed by atoms with van der Waals surface area (Å²) >= 11 is 0. The molecule has 0 aliphatic carbocycles. The molecule has 0 atom stereocenters. The lowest BCUT2D eigenvalue weighted by molar-refractivity contribution is -0.174. The van der Waals surface area contributed by atoms with Gasteiger partial charge in [0.1, 0.15) is 0 Å². The normalized spacial score (nSPS) is 19.3. The molecule has 15 heavy (non-hydrogen) atoms. The van der Waals surface area contributed by atoms with Gasteiger partial charge in [-0.3, -0.25) is 10.2 Å². The first-order valence-corrected chi connectivity index (χ1v) is 4.66. The van der Waals surface area contributed by atoms with Crippen LogP contribution >= 0.6 is 0 Å². The fraction of sp³-hybridized carbons (Fsp3) is 0.875. The first-order chi connectivity index (χ1) is 6.94. The van der Waals surface area contributed by atoms with Crippen molar-refractivity contribution in [2.75, 3.05) is 13.1 Å². The summed E-state index contributed by atoms with van der Waals surface area (Å²) in [5.74, 6) is -6.54. The first kappa shape index (κ1) is 12.2. The van der Waals surface area contributed by atoms with Crippen molar-refractivity contribution in [3.05, 3.63) is 0 Å². The standard InChI is InChI=1S/C8H12F4N2O/c9-6(10)8(11,12)7(15)13-14-4-2-1-3-5-14/h6H,1-5H2,(H,13,15). The molecule has 0 spiro atoms. The Morgan fingerprint density at radius 2 is 1.73 bits per heavy atom. The van der Waals surface area contributed by atoms with Gasteiger partial charge in [0, 0.05) is 13.1 Å². The summed E-state index contributed by atoms with van der Waals surface area (Å²) in [5, 5.41) is 1.25. The smallest absolute Gasteiger partial charge is 0.283 e. The van der Waals surface area contributed by atoms with Crippen LogP contribution in [0.4, 0.5) is 17.6 Å². The van der Waals surface area contributed by atoms with Gasteiger partial charge in [-0.25, -0.2) is 13.8 Å². The number of hydrazine groups is 1. The molecular weight excluding hydrogens is 216 g/mol. The summed E-state index contributed by atoms with van der Waals surface area (Å²) in [7, 11) is 0. The number of nitrogens with zero attached hydrogens (tertiary/aromatic N) is 1. The van der Waals surface area contributed by atoms with E-state index in [4.69, 9.17) is 0 Å². The van der Waals surface area contributed by atoms with E-state index in [0.29, 0.717) is 13.1 Å².